The number of carbonyl (C=O) groups is 1. The van der Waals surface area contributed by atoms with Crippen molar-refractivity contribution in [1.29, 1.82) is 0 Å². The molecule has 0 unspecified atom stereocenters. The molecule has 0 radical (unpaired) electrons. The lowest BCUT2D eigenvalue weighted by atomic mass is 10.0. The molecule has 0 bridgehead atoms. The second-order valence-corrected chi connectivity index (χ2v) is 5.23. The van der Waals surface area contributed by atoms with Crippen LogP contribution in [0.25, 0.3) is 11.6 Å². The van der Waals surface area contributed by atoms with Gasteiger partial charge >= 0.3 is 6.03 Å². The van der Waals surface area contributed by atoms with Gasteiger partial charge in [-0.05, 0) is 19.9 Å². The van der Waals surface area contributed by atoms with Gasteiger partial charge in [0.2, 0.25) is 17.5 Å². The van der Waals surface area contributed by atoms with E-state index in [-0.39, 0.29) is 18.0 Å². The van der Waals surface area contributed by atoms with Gasteiger partial charge in [-0.3, -0.25) is 0 Å². The van der Waals surface area contributed by atoms with Crippen LogP contribution < -0.4 is 5.32 Å². The second-order valence-electron chi connectivity index (χ2n) is 5.23. The highest BCUT2D eigenvalue weighted by Gasteiger charge is 2.36. The lowest BCUT2D eigenvalue weighted by Crippen LogP contribution is -2.53. The Kier molecular flexibility index (Phi) is 3.51. The molecule has 1 N–H and O–H groups in total. The van der Waals surface area contributed by atoms with E-state index >= 15 is 0 Å². The summed E-state index contributed by atoms with van der Waals surface area (Å²) in [4.78, 5) is 25.9. The molecule has 8 nitrogen and oxygen atoms in total. The van der Waals surface area contributed by atoms with Gasteiger partial charge in [-0.2, -0.15) is 4.98 Å². The summed E-state index contributed by atoms with van der Waals surface area (Å²) in [5, 5.41) is 6.73. The van der Waals surface area contributed by atoms with Crippen LogP contribution in [0.5, 0.6) is 0 Å². The first-order chi connectivity index (χ1) is 10.1. The third-order valence-corrected chi connectivity index (χ3v) is 3.14. The molecular weight excluding hydrogens is 272 g/mol. The molecule has 110 valence electrons. The number of hydrogen-bond donors (Lipinski definition) is 1. The van der Waals surface area contributed by atoms with E-state index < -0.39 is 0 Å². The Labute approximate surface area is 121 Å². The Bertz CT molecular complexity index is 621. The van der Waals surface area contributed by atoms with Gasteiger partial charge in [0, 0.05) is 31.5 Å². The summed E-state index contributed by atoms with van der Waals surface area (Å²) in [6, 6.07) is 1.79. The van der Waals surface area contributed by atoms with E-state index in [0.29, 0.717) is 30.6 Å². The minimum absolute atomic E-state index is 0.0626. The summed E-state index contributed by atoms with van der Waals surface area (Å²) in [7, 11) is 0. The van der Waals surface area contributed by atoms with Gasteiger partial charge in [0.15, 0.2) is 0 Å². The Morgan fingerprint density at radius 3 is 2.71 bits per heavy atom. The fourth-order valence-electron chi connectivity index (χ4n) is 2.05. The molecule has 1 saturated heterocycles. The largest absolute Gasteiger partial charge is 0.338 e. The van der Waals surface area contributed by atoms with E-state index in [2.05, 4.69) is 25.4 Å². The number of nitrogens with zero attached hydrogens (tertiary/aromatic N) is 5. The van der Waals surface area contributed by atoms with Crippen molar-refractivity contribution in [2.75, 3.05) is 13.1 Å². The number of nitrogens with one attached hydrogen (secondary N) is 1. The Morgan fingerprint density at radius 2 is 2.05 bits per heavy atom. The quantitative estimate of drug-likeness (QED) is 0.906. The predicted octanol–water partition coefficient (Wildman–Crippen LogP) is 1.04. The van der Waals surface area contributed by atoms with Crippen LogP contribution >= 0.6 is 0 Å². The molecule has 0 aliphatic carbocycles. The van der Waals surface area contributed by atoms with E-state index in [9.17, 15) is 4.79 Å². The number of urea groups is 1. The van der Waals surface area contributed by atoms with Crippen molar-refractivity contribution in [2.45, 2.75) is 25.8 Å². The summed E-state index contributed by atoms with van der Waals surface area (Å²) >= 11 is 0. The predicted molar refractivity (Wildman–Crippen MR) is 73.3 cm³/mol. The minimum Gasteiger partial charge on any atom is -0.338 e. The molecule has 2 amide bonds. The Hall–Kier alpha value is -2.51. The SMILES string of the molecule is CC(C)NC(=O)N1CC(c2nc(-c3ncccn3)no2)C1. The molecule has 3 heterocycles. The summed E-state index contributed by atoms with van der Waals surface area (Å²) < 4.78 is 5.23. The molecule has 1 aliphatic heterocycles. The lowest BCUT2D eigenvalue weighted by Gasteiger charge is -2.37. The number of rotatable bonds is 3. The highest BCUT2D eigenvalue weighted by molar-refractivity contribution is 5.75. The monoisotopic (exact) mass is 288 g/mol. The third-order valence-electron chi connectivity index (χ3n) is 3.14. The Morgan fingerprint density at radius 1 is 1.33 bits per heavy atom. The second kappa shape index (κ2) is 5.47. The molecule has 0 saturated carbocycles. The summed E-state index contributed by atoms with van der Waals surface area (Å²) in [5.74, 6) is 1.40. The highest BCUT2D eigenvalue weighted by Crippen LogP contribution is 2.26. The van der Waals surface area contributed by atoms with Crippen molar-refractivity contribution >= 4 is 6.03 Å². The van der Waals surface area contributed by atoms with Crippen LogP contribution in [0.2, 0.25) is 0 Å². The Balaban J connectivity index is 1.61. The van der Waals surface area contributed by atoms with Gasteiger partial charge in [0.1, 0.15) is 0 Å². The van der Waals surface area contributed by atoms with Gasteiger partial charge in [0.25, 0.3) is 0 Å². The van der Waals surface area contributed by atoms with Gasteiger partial charge in [0.05, 0.1) is 5.92 Å². The zero-order valence-electron chi connectivity index (χ0n) is 11.9. The van der Waals surface area contributed by atoms with E-state index in [1.54, 1.807) is 23.4 Å². The average molecular weight is 288 g/mol. The first kappa shape index (κ1) is 13.5. The van der Waals surface area contributed by atoms with E-state index in [0.717, 1.165) is 0 Å². The van der Waals surface area contributed by atoms with Crippen LogP contribution in [0.4, 0.5) is 4.79 Å². The summed E-state index contributed by atoms with van der Waals surface area (Å²) in [6.07, 6.45) is 3.25. The normalized spacial score (nSPS) is 15.1. The molecule has 8 heteroatoms. The minimum atomic E-state index is -0.0626. The molecule has 3 rings (SSSR count). The summed E-state index contributed by atoms with van der Waals surface area (Å²) in [5.41, 5.74) is 0. The van der Waals surface area contributed by atoms with Crippen LogP contribution in [0.15, 0.2) is 23.0 Å². The van der Waals surface area contributed by atoms with Crippen molar-refractivity contribution in [3.05, 3.63) is 24.4 Å². The molecule has 0 atom stereocenters. The van der Waals surface area contributed by atoms with Crippen LogP contribution in [0.3, 0.4) is 0 Å². The van der Waals surface area contributed by atoms with Crippen molar-refractivity contribution in [3.8, 4) is 11.6 Å². The number of hydrogen-bond acceptors (Lipinski definition) is 6. The maximum Gasteiger partial charge on any atom is 0.317 e. The van der Waals surface area contributed by atoms with Crippen LogP contribution in [0, 0.1) is 0 Å². The van der Waals surface area contributed by atoms with E-state index in [1.165, 1.54) is 0 Å². The van der Waals surface area contributed by atoms with Crippen molar-refractivity contribution < 1.29 is 9.32 Å². The number of likely N-dealkylation sites (tertiary alicyclic amines) is 1. The van der Waals surface area contributed by atoms with Gasteiger partial charge in [-0.1, -0.05) is 5.16 Å². The van der Waals surface area contributed by atoms with Gasteiger partial charge < -0.3 is 14.7 Å². The fraction of sp³-hybridized carbons (Fsp3) is 0.462. The topological polar surface area (TPSA) is 97.0 Å². The van der Waals surface area contributed by atoms with Crippen molar-refractivity contribution in [2.24, 2.45) is 0 Å². The lowest BCUT2D eigenvalue weighted by molar-refractivity contribution is 0.135. The molecule has 1 fully saturated rings. The van der Waals surface area contributed by atoms with Crippen LogP contribution in [0.1, 0.15) is 25.7 Å². The number of aromatic nitrogens is 4. The molecule has 0 spiro atoms. The summed E-state index contributed by atoms with van der Waals surface area (Å²) in [6.45, 7) is 5.02. The molecular formula is C13H16N6O2. The van der Waals surface area contributed by atoms with Crippen molar-refractivity contribution in [3.63, 3.8) is 0 Å². The van der Waals surface area contributed by atoms with Gasteiger partial charge in [-0.15, -0.1) is 0 Å². The van der Waals surface area contributed by atoms with Gasteiger partial charge in [-0.25, -0.2) is 14.8 Å². The third kappa shape index (κ3) is 2.83. The molecule has 2 aromatic heterocycles. The number of carbonyl (C=O) groups excluding carboxylic acids is 1. The van der Waals surface area contributed by atoms with E-state index in [1.807, 2.05) is 13.8 Å². The first-order valence-electron chi connectivity index (χ1n) is 6.80. The highest BCUT2D eigenvalue weighted by atomic mass is 16.5. The fourth-order valence-corrected chi connectivity index (χ4v) is 2.05. The van der Waals surface area contributed by atoms with Crippen LogP contribution in [-0.4, -0.2) is 50.2 Å². The zero-order chi connectivity index (χ0) is 14.8. The van der Waals surface area contributed by atoms with Crippen LogP contribution in [-0.2, 0) is 0 Å². The molecule has 1 aliphatic rings. The van der Waals surface area contributed by atoms with E-state index in [4.69, 9.17) is 4.52 Å². The van der Waals surface area contributed by atoms with Crippen molar-refractivity contribution in [1.82, 2.24) is 30.3 Å². The maximum absolute atomic E-state index is 11.8. The zero-order valence-corrected chi connectivity index (χ0v) is 11.9. The smallest absolute Gasteiger partial charge is 0.317 e. The molecule has 2 aromatic rings. The maximum atomic E-state index is 11.8. The number of amides is 2. The molecule has 21 heavy (non-hydrogen) atoms. The average Bonchev–Trinajstić information content (AvgIpc) is 2.86. The first-order valence-corrected chi connectivity index (χ1v) is 6.80. The standard InChI is InChI=1S/C13H16N6O2/c1-8(2)16-13(20)19-6-9(7-19)12-17-11(18-21-12)10-14-4-3-5-15-10/h3-5,8-9H,6-7H2,1-2H3,(H,16,20). The molecule has 0 aromatic carbocycles.